The van der Waals surface area contributed by atoms with Crippen LogP contribution in [0.3, 0.4) is 0 Å². The van der Waals surface area contributed by atoms with E-state index in [1.165, 1.54) is 0 Å². The lowest BCUT2D eigenvalue weighted by Gasteiger charge is -2.13. The summed E-state index contributed by atoms with van der Waals surface area (Å²) in [5, 5.41) is 10.9. The van der Waals surface area contributed by atoms with Crippen LogP contribution in [0.15, 0.2) is 12.1 Å². The highest BCUT2D eigenvalue weighted by atomic mass is 35.5. The molecule has 2 nitrogen and oxygen atoms in total. The van der Waals surface area contributed by atoms with Crippen molar-refractivity contribution in [1.82, 2.24) is 0 Å². The van der Waals surface area contributed by atoms with Gasteiger partial charge in [-0.05, 0) is 30.5 Å². The quantitative estimate of drug-likeness (QED) is 0.889. The van der Waals surface area contributed by atoms with Crippen LogP contribution in [0.1, 0.15) is 18.4 Å². The zero-order valence-corrected chi connectivity index (χ0v) is 9.90. The minimum absolute atomic E-state index is 0.490. The summed E-state index contributed by atoms with van der Waals surface area (Å²) >= 11 is 11.9. The molecule has 0 spiro atoms. The van der Waals surface area contributed by atoms with E-state index in [0.29, 0.717) is 22.2 Å². The number of rotatable bonds is 3. The van der Waals surface area contributed by atoms with Gasteiger partial charge >= 0.3 is 0 Å². The third-order valence-corrected chi connectivity index (χ3v) is 3.14. The Hall–Kier alpha value is -0.440. The minimum Gasteiger partial charge on any atom is -0.495 e. The Kier molecular flexibility index (Phi) is 2.84. The van der Waals surface area contributed by atoms with Crippen LogP contribution in [0.2, 0.25) is 10.0 Å². The number of methoxy groups -OCH3 is 1. The average molecular weight is 247 g/mol. The highest BCUT2D eigenvalue weighted by Gasteiger charge is 2.41. The lowest BCUT2D eigenvalue weighted by Crippen LogP contribution is -2.11. The summed E-state index contributed by atoms with van der Waals surface area (Å²) in [6.07, 6.45) is 2.22. The zero-order chi connectivity index (χ0) is 11.1. The van der Waals surface area contributed by atoms with Crippen molar-refractivity contribution in [2.75, 3.05) is 7.11 Å². The Bertz CT molecular complexity index is 386. The standard InChI is InChI=1S/C11H12Cl2O2/c1-15-10-7(6-11(14)2-3-11)4-8(12)5-9(10)13/h4-5,14H,2-3,6H2,1H3. The van der Waals surface area contributed by atoms with Gasteiger partial charge in [-0.2, -0.15) is 0 Å². The maximum Gasteiger partial charge on any atom is 0.140 e. The maximum absolute atomic E-state index is 9.84. The van der Waals surface area contributed by atoms with Gasteiger partial charge in [-0.15, -0.1) is 0 Å². The smallest absolute Gasteiger partial charge is 0.140 e. The normalized spacial score (nSPS) is 17.6. The summed E-state index contributed by atoms with van der Waals surface area (Å²) in [4.78, 5) is 0. The van der Waals surface area contributed by atoms with E-state index < -0.39 is 5.60 Å². The molecule has 0 saturated heterocycles. The topological polar surface area (TPSA) is 29.5 Å². The van der Waals surface area contributed by atoms with Crippen molar-refractivity contribution in [2.24, 2.45) is 0 Å². The van der Waals surface area contributed by atoms with Gasteiger partial charge < -0.3 is 9.84 Å². The molecule has 0 radical (unpaired) electrons. The fourth-order valence-electron chi connectivity index (χ4n) is 1.65. The number of aliphatic hydroxyl groups is 1. The minimum atomic E-state index is -0.568. The highest BCUT2D eigenvalue weighted by molar-refractivity contribution is 6.35. The van der Waals surface area contributed by atoms with E-state index in [1.807, 2.05) is 0 Å². The van der Waals surface area contributed by atoms with Crippen LogP contribution in [0.4, 0.5) is 0 Å². The van der Waals surface area contributed by atoms with Gasteiger partial charge in [0.2, 0.25) is 0 Å². The molecule has 1 aliphatic carbocycles. The molecule has 0 amide bonds. The summed E-state index contributed by atoms with van der Waals surface area (Å²) in [7, 11) is 1.57. The summed E-state index contributed by atoms with van der Waals surface area (Å²) < 4.78 is 5.20. The predicted molar refractivity (Wildman–Crippen MR) is 60.9 cm³/mol. The van der Waals surface area contributed by atoms with Crippen molar-refractivity contribution < 1.29 is 9.84 Å². The second-order valence-corrected chi connectivity index (χ2v) is 4.82. The number of hydrogen-bond donors (Lipinski definition) is 1. The van der Waals surface area contributed by atoms with Crippen LogP contribution in [0, 0.1) is 0 Å². The van der Waals surface area contributed by atoms with Crippen LogP contribution >= 0.6 is 23.2 Å². The van der Waals surface area contributed by atoms with E-state index in [9.17, 15) is 5.11 Å². The second kappa shape index (κ2) is 3.85. The van der Waals surface area contributed by atoms with Crippen molar-refractivity contribution in [3.05, 3.63) is 27.7 Å². The molecule has 2 rings (SSSR count). The number of ether oxygens (including phenoxy) is 1. The Morgan fingerprint density at radius 1 is 1.40 bits per heavy atom. The van der Waals surface area contributed by atoms with E-state index in [2.05, 4.69) is 0 Å². The SMILES string of the molecule is COc1c(Cl)cc(Cl)cc1CC1(O)CC1. The van der Waals surface area contributed by atoms with Gasteiger partial charge in [-0.25, -0.2) is 0 Å². The van der Waals surface area contributed by atoms with Gasteiger partial charge in [0.1, 0.15) is 5.75 Å². The fraction of sp³-hybridized carbons (Fsp3) is 0.455. The molecule has 1 aliphatic rings. The summed E-state index contributed by atoms with van der Waals surface area (Å²) in [5.74, 6) is 0.612. The van der Waals surface area contributed by atoms with Gasteiger partial charge in [0.05, 0.1) is 17.7 Å². The molecule has 1 aromatic carbocycles. The summed E-state index contributed by atoms with van der Waals surface area (Å²) in [5.41, 5.74) is 0.302. The first-order valence-corrected chi connectivity index (χ1v) is 5.54. The van der Waals surface area contributed by atoms with Crippen LogP contribution < -0.4 is 4.74 Å². The Balaban J connectivity index is 2.35. The third-order valence-electron chi connectivity index (χ3n) is 2.64. The first-order chi connectivity index (χ1) is 7.04. The zero-order valence-electron chi connectivity index (χ0n) is 8.39. The number of halogens is 2. The fourth-order valence-corrected chi connectivity index (χ4v) is 2.26. The van der Waals surface area contributed by atoms with E-state index in [-0.39, 0.29) is 0 Å². The van der Waals surface area contributed by atoms with Gasteiger partial charge in [0.15, 0.2) is 0 Å². The van der Waals surface area contributed by atoms with Crippen molar-refractivity contribution in [3.8, 4) is 5.75 Å². The molecule has 0 unspecified atom stereocenters. The molecule has 0 bridgehead atoms. The second-order valence-electron chi connectivity index (χ2n) is 3.98. The molecule has 1 fully saturated rings. The monoisotopic (exact) mass is 246 g/mol. The van der Waals surface area contributed by atoms with Gasteiger partial charge in [0.25, 0.3) is 0 Å². The largest absolute Gasteiger partial charge is 0.495 e. The molecular formula is C11H12Cl2O2. The highest BCUT2D eigenvalue weighted by Crippen LogP contribution is 2.42. The molecular weight excluding hydrogens is 235 g/mol. The molecule has 0 aliphatic heterocycles. The number of benzene rings is 1. The Morgan fingerprint density at radius 3 is 2.60 bits per heavy atom. The van der Waals surface area contributed by atoms with Crippen molar-refractivity contribution in [2.45, 2.75) is 24.9 Å². The molecule has 4 heteroatoms. The Morgan fingerprint density at radius 2 is 2.07 bits per heavy atom. The van der Waals surface area contributed by atoms with Crippen molar-refractivity contribution in [3.63, 3.8) is 0 Å². The first kappa shape index (κ1) is 11.1. The van der Waals surface area contributed by atoms with Gasteiger partial charge in [-0.3, -0.25) is 0 Å². The molecule has 15 heavy (non-hydrogen) atoms. The predicted octanol–water partition coefficient (Wildman–Crippen LogP) is 3.07. The van der Waals surface area contributed by atoms with Crippen molar-refractivity contribution in [1.29, 1.82) is 0 Å². The Labute approximate surface area is 98.8 Å². The van der Waals surface area contributed by atoms with Gasteiger partial charge in [-0.1, -0.05) is 23.2 Å². The van der Waals surface area contributed by atoms with E-state index in [0.717, 1.165) is 18.4 Å². The third kappa shape index (κ3) is 2.39. The lowest BCUT2D eigenvalue weighted by molar-refractivity contribution is 0.150. The summed E-state index contributed by atoms with van der Waals surface area (Å²) in [6, 6.07) is 3.44. The molecule has 1 N–H and O–H groups in total. The van der Waals surface area contributed by atoms with Crippen LogP contribution in [-0.4, -0.2) is 17.8 Å². The number of hydrogen-bond acceptors (Lipinski definition) is 2. The van der Waals surface area contributed by atoms with Gasteiger partial charge in [0, 0.05) is 11.4 Å². The first-order valence-electron chi connectivity index (χ1n) is 4.78. The van der Waals surface area contributed by atoms with Crippen LogP contribution in [-0.2, 0) is 6.42 Å². The molecule has 82 valence electrons. The summed E-state index contributed by atoms with van der Waals surface area (Å²) in [6.45, 7) is 0. The maximum atomic E-state index is 9.84. The van der Waals surface area contributed by atoms with E-state index in [1.54, 1.807) is 19.2 Å². The molecule has 0 aromatic heterocycles. The molecule has 0 atom stereocenters. The van der Waals surface area contributed by atoms with E-state index in [4.69, 9.17) is 27.9 Å². The average Bonchev–Trinajstić information content (AvgIpc) is 2.82. The molecule has 1 saturated carbocycles. The molecule has 1 aromatic rings. The van der Waals surface area contributed by atoms with Crippen LogP contribution in [0.25, 0.3) is 0 Å². The van der Waals surface area contributed by atoms with Crippen molar-refractivity contribution >= 4 is 23.2 Å². The lowest BCUT2D eigenvalue weighted by atomic mass is 10.1. The van der Waals surface area contributed by atoms with Crippen LogP contribution in [0.5, 0.6) is 5.75 Å². The van der Waals surface area contributed by atoms with E-state index >= 15 is 0 Å². The molecule has 0 heterocycles.